The van der Waals surface area contributed by atoms with Gasteiger partial charge in [-0.05, 0) is 49.3 Å². The van der Waals surface area contributed by atoms with E-state index in [-0.39, 0.29) is 5.91 Å². The molecule has 1 heterocycles. The maximum absolute atomic E-state index is 11.3. The lowest BCUT2D eigenvalue weighted by Crippen LogP contribution is -2.24. The van der Waals surface area contributed by atoms with Crippen LogP contribution < -0.4 is 5.32 Å². The molecule has 106 valence electrons. The molecular formula is C16H20N2OS. The SMILES string of the molecule is CCC(=O)NCCC1CCc2ccc3nc(C)sc3c21. The highest BCUT2D eigenvalue weighted by Crippen LogP contribution is 2.41. The van der Waals surface area contributed by atoms with Crippen LogP contribution in [0.25, 0.3) is 10.2 Å². The summed E-state index contributed by atoms with van der Waals surface area (Å²) in [6.45, 7) is 4.75. The Kier molecular flexibility index (Phi) is 3.74. The Morgan fingerprint density at radius 3 is 3.15 bits per heavy atom. The minimum Gasteiger partial charge on any atom is -0.356 e. The van der Waals surface area contributed by atoms with Gasteiger partial charge in [0.2, 0.25) is 5.91 Å². The number of aromatic nitrogens is 1. The Balaban J connectivity index is 1.81. The summed E-state index contributed by atoms with van der Waals surface area (Å²) in [7, 11) is 0. The maximum atomic E-state index is 11.3. The topological polar surface area (TPSA) is 42.0 Å². The second-order valence-corrected chi connectivity index (χ2v) is 6.65. The van der Waals surface area contributed by atoms with Gasteiger partial charge in [0.25, 0.3) is 0 Å². The van der Waals surface area contributed by atoms with E-state index in [2.05, 4.69) is 29.4 Å². The summed E-state index contributed by atoms with van der Waals surface area (Å²) in [4.78, 5) is 15.9. The molecule has 0 spiro atoms. The van der Waals surface area contributed by atoms with Gasteiger partial charge in [0.15, 0.2) is 0 Å². The van der Waals surface area contributed by atoms with E-state index in [1.54, 1.807) is 0 Å². The number of aryl methyl sites for hydroxylation is 2. The number of fused-ring (bicyclic) bond motifs is 3. The van der Waals surface area contributed by atoms with E-state index < -0.39 is 0 Å². The van der Waals surface area contributed by atoms with Gasteiger partial charge < -0.3 is 5.32 Å². The molecule has 0 saturated carbocycles. The highest BCUT2D eigenvalue weighted by atomic mass is 32.1. The average Bonchev–Trinajstić information content (AvgIpc) is 3.00. The summed E-state index contributed by atoms with van der Waals surface area (Å²) in [5.41, 5.74) is 4.11. The fourth-order valence-electron chi connectivity index (χ4n) is 3.10. The van der Waals surface area contributed by atoms with Crippen molar-refractivity contribution in [2.45, 2.75) is 45.4 Å². The molecule has 1 unspecified atom stereocenters. The van der Waals surface area contributed by atoms with Crippen molar-refractivity contribution in [2.24, 2.45) is 0 Å². The first-order chi connectivity index (χ1) is 9.69. The quantitative estimate of drug-likeness (QED) is 0.935. The molecule has 0 aliphatic heterocycles. The number of nitrogens with zero attached hydrogens (tertiary/aromatic N) is 1. The Bertz CT molecular complexity index is 647. The minimum absolute atomic E-state index is 0.148. The Hall–Kier alpha value is -1.42. The highest BCUT2D eigenvalue weighted by Gasteiger charge is 2.25. The van der Waals surface area contributed by atoms with Gasteiger partial charge in [0, 0.05) is 13.0 Å². The molecule has 1 N–H and O–H groups in total. The molecule has 3 nitrogen and oxygen atoms in total. The van der Waals surface area contributed by atoms with E-state index >= 15 is 0 Å². The van der Waals surface area contributed by atoms with E-state index in [0.29, 0.717) is 12.3 Å². The summed E-state index contributed by atoms with van der Waals surface area (Å²) in [6, 6.07) is 4.39. The van der Waals surface area contributed by atoms with Crippen molar-refractivity contribution in [1.82, 2.24) is 10.3 Å². The summed E-state index contributed by atoms with van der Waals surface area (Å²) in [5.74, 6) is 0.723. The zero-order valence-corrected chi connectivity index (χ0v) is 12.8. The number of thiazole rings is 1. The number of hydrogen-bond acceptors (Lipinski definition) is 3. The smallest absolute Gasteiger partial charge is 0.219 e. The van der Waals surface area contributed by atoms with Crippen LogP contribution >= 0.6 is 11.3 Å². The molecular weight excluding hydrogens is 268 g/mol. The van der Waals surface area contributed by atoms with E-state index in [1.165, 1.54) is 22.2 Å². The number of carbonyl (C=O) groups excluding carboxylic acids is 1. The van der Waals surface area contributed by atoms with Crippen molar-refractivity contribution in [3.05, 3.63) is 28.3 Å². The van der Waals surface area contributed by atoms with Gasteiger partial charge >= 0.3 is 0 Å². The molecule has 0 fully saturated rings. The number of amides is 1. The molecule has 3 rings (SSSR count). The van der Waals surface area contributed by atoms with Crippen molar-refractivity contribution in [2.75, 3.05) is 6.54 Å². The number of hydrogen-bond donors (Lipinski definition) is 1. The van der Waals surface area contributed by atoms with Crippen molar-refractivity contribution in [1.29, 1.82) is 0 Å². The van der Waals surface area contributed by atoms with Crippen LogP contribution in [-0.2, 0) is 11.2 Å². The van der Waals surface area contributed by atoms with Crippen molar-refractivity contribution < 1.29 is 4.79 Å². The first-order valence-corrected chi connectivity index (χ1v) is 8.16. The summed E-state index contributed by atoms with van der Waals surface area (Å²) in [6.07, 6.45) is 3.97. The van der Waals surface area contributed by atoms with Crippen LogP contribution in [0.1, 0.15) is 48.2 Å². The zero-order chi connectivity index (χ0) is 14.1. The van der Waals surface area contributed by atoms with Crippen molar-refractivity contribution >= 4 is 27.5 Å². The molecule has 1 atom stereocenters. The predicted octanol–water partition coefficient (Wildman–Crippen LogP) is 3.55. The first kappa shape index (κ1) is 13.6. The normalized spacial score (nSPS) is 17.4. The van der Waals surface area contributed by atoms with Crippen LogP contribution in [0.5, 0.6) is 0 Å². The summed E-state index contributed by atoms with van der Waals surface area (Å²) in [5, 5.41) is 4.13. The van der Waals surface area contributed by atoms with Crippen LogP contribution in [0.2, 0.25) is 0 Å². The maximum Gasteiger partial charge on any atom is 0.219 e. The molecule has 0 radical (unpaired) electrons. The van der Waals surface area contributed by atoms with Crippen LogP contribution in [0.4, 0.5) is 0 Å². The average molecular weight is 288 g/mol. The monoisotopic (exact) mass is 288 g/mol. The van der Waals surface area contributed by atoms with E-state index in [1.807, 2.05) is 18.3 Å². The second kappa shape index (κ2) is 5.52. The molecule has 0 bridgehead atoms. The lowest BCUT2D eigenvalue weighted by molar-refractivity contribution is -0.120. The summed E-state index contributed by atoms with van der Waals surface area (Å²) < 4.78 is 1.37. The lowest BCUT2D eigenvalue weighted by atomic mass is 9.97. The van der Waals surface area contributed by atoms with Gasteiger partial charge in [0.1, 0.15) is 0 Å². The highest BCUT2D eigenvalue weighted by molar-refractivity contribution is 7.18. The molecule has 1 aromatic heterocycles. The summed E-state index contributed by atoms with van der Waals surface area (Å²) >= 11 is 1.81. The molecule has 0 saturated heterocycles. The molecule has 1 aromatic carbocycles. The molecule has 4 heteroatoms. The van der Waals surface area contributed by atoms with Gasteiger partial charge in [-0.25, -0.2) is 4.98 Å². The second-order valence-electron chi connectivity index (χ2n) is 5.45. The standard InChI is InChI=1S/C16H20N2OS/c1-3-14(19)17-9-8-12-5-4-11-6-7-13-16(15(11)12)20-10(2)18-13/h6-7,12H,3-5,8-9H2,1-2H3,(H,17,19). The lowest BCUT2D eigenvalue weighted by Gasteiger charge is -2.12. The molecule has 1 amide bonds. The van der Waals surface area contributed by atoms with Crippen molar-refractivity contribution in [3.8, 4) is 0 Å². The minimum atomic E-state index is 0.148. The fraction of sp³-hybridized carbons (Fsp3) is 0.500. The largest absolute Gasteiger partial charge is 0.356 e. The van der Waals surface area contributed by atoms with E-state index in [9.17, 15) is 4.79 Å². The Morgan fingerprint density at radius 1 is 1.50 bits per heavy atom. The third kappa shape index (κ3) is 2.44. The number of benzene rings is 1. The third-order valence-electron chi connectivity index (χ3n) is 4.10. The van der Waals surface area contributed by atoms with Crippen LogP contribution in [0, 0.1) is 6.92 Å². The van der Waals surface area contributed by atoms with Gasteiger partial charge in [0.05, 0.1) is 15.2 Å². The van der Waals surface area contributed by atoms with Gasteiger partial charge in [-0.3, -0.25) is 4.79 Å². The Labute approximate surface area is 123 Å². The van der Waals surface area contributed by atoms with E-state index in [4.69, 9.17) is 0 Å². The van der Waals surface area contributed by atoms with Crippen molar-refractivity contribution in [3.63, 3.8) is 0 Å². The molecule has 2 aromatic rings. The van der Waals surface area contributed by atoms with Crippen LogP contribution in [0.3, 0.4) is 0 Å². The molecule has 20 heavy (non-hydrogen) atoms. The number of rotatable bonds is 4. The van der Waals surface area contributed by atoms with E-state index in [0.717, 1.165) is 29.9 Å². The van der Waals surface area contributed by atoms with Crippen LogP contribution in [-0.4, -0.2) is 17.4 Å². The third-order valence-corrected chi connectivity index (χ3v) is 5.12. The molecule has 1 aliphatic carbocycles. The first-order valence-electron chi connectivity index (χ1n) is 7.34. The van der Waals surface area contributed by atoms with Gasteiger partial charge in [-0.1, -0.05) is 13.0 Å². The Morgan fingerprint density at radius 2 is 2.35 bits per heavy atom. The predicted molar refractivity (Wildman–Crippen MR) is 83.3 cm³/mol. The van der Waals surface area contributed by atoms with Gasteiger partial charge in [-0.2, -0.15) is 0 Å². The number of carbonyl (C=O) groups is 1. The zero-order valence-electron chi connectivity index (χ0n) is 12.0. The van der Waals surface area contributed by atoms with Crippen LogP contribution in [0.15, 0.2) is 12.1 Å². The fourth-order valence-corrected chi connectivity index (χ4v) is 4.17. The number of nitrogens with one attached hydrogen (secondary N) is 1. The molecule has 1 aliphatic rings. The van der Waals surface area contributed by atoms with Gasteiger partial charge in [-0.15, -0.1) is 11.3 Å².